The van der Waals surface area contributed by atoms with Crippen LogP contribution in [0.3, 0.4) is 0 Å². The van der Waals surface area contributed by atoms with E-state index in [1.807, 2.05) is 13.8 Å². The Morgan fingerprint density at radius 2 is 1.81 bits per heavy atom. The van der Waals surface area contributed by atoms with Gasteiger partial charge >= 0.3 is 6.18 Å². The molecule has 0 aliphatic heterocycles. The number of alkyl halides is 5. The van der Waals surface area contributed by atoms with Crippen molar-refractivity contribution in [2.45, 2.75) is 104 Å². The second-order valence-corrected chi connectivity index (χ2v) is 10.3. The molecule has 9 nitrogen and oxygen atoms in total. The Balaban J connectivity index is 0.000000352. The van der Waals surface area contributed by atoms with Gasteiger partial charge in [0.25, 0.3) is 5.91 Å². The number of aromatic amines is 1. The number of hydrogen-bond acceptors (Lipinski definition) is 6. The number of carbonyl (C=O) groups is 2. The highest BCUT2D eigenvalue weighted by atomic mass is 19.4. The van der Waals surface area contributed by atoms with E-state index in [2.05, 4.69) is 35.5 Å². The summed E-state index contributed by atoms with van der Waals surface area (Å²) >= 11 is 0. The van der Waals surface area contributed by atoms with Gasteiger partial charge in [-0.25, -0.2) is 18.4 Å². The van der Waals surface area contributed by atoms with Crippen molar-refractivity contribution in [3.63, 3.8) is 0 Å². The number of fused-ring (bicyclic) bond motifs is 1. The Kier molecular flexibility index (Phi) is 14.0. The van der Waals surface area contributed by atoms with Crippen molar-refractivity contribution in [1.82, 2.24) is 30.9 Å². The fraction of sp³-hybridized carbons (Fsp3) is 0.621. The highest BCUT2D eigenvalue weighted by Crippen LogP contribution is 2.38. The summed E-state index contributed by atoms with van der Waals surface area (Å²) in [6.07, 6.45) is -0.0779. The van der Waals surface area contributed by atoms with E-state index in [9.17, 15) is 31.5 Å². The standard InChI is InChI=1S/C19H22F5N3O.C5H7N3O2.C3H6.C2H6/c20-18(21)6-1-2-12(10-18)9-16-26-14-4-3-13(8-15(14)27-16)11-25-17(28)5-7-19(22,23)24;1-3-4(5(9)6-2)8-10-7-3;1-2-3-1;1-2/h3-4,8,12H,1-2,5-7,9-11H2,(H,25,28)(H,26,27);1-2H3,(H,6,9);1-3H2;1-2H3. The molecule has 3 N–H and O–H groups in total. The minimum Gasteiger partial charge on any atom is -0.354 e. The number of benzene rings is 1. The number of halogens is 5. The number of nitrogens with zero attached hydrogens (tertiary/aromatic N) is 3. The maximum atomic E-state index is 13.6. The molecule has 14 heteroatoms. The molecule has 2 heterocycles. The van der Waals surface area contributed by atoms with Crippen LogP contribution in [0.2, 0.25) is 0 Å². The third-order valence-electron chi connectivity index (χ3n) is 6.39. The lowest BCUT2D eigenvalue weighted by Gasteiger charge is -2.28. The van der Waals surface area contributed by atoms with E-state index >= 15 is 0 Å². The minimum atomic E-state index is -4.36. The monoisotopic (exact) mass is 616 g/mol. The molecule has 1 unspecified atom stereocenters. The number of aromatic nitrogens is 4. The molecule has 2 fully saturated rings. The molecule has 0 saturated heterocycles. The van der Waals surface area contributed by atoms with Gasteiger partial charge in [0.1, 0.15) is 11.5 Å². The van der Waals surface area contributed by atoms with Gasteiger partial charge in [0.2, 0.25) is 11.8 Å². The Labute approximate surface area is 247 Å². The molecular weight excluding hydrogens is 575 g/mol. The maximum Gasteiger partial charge on any atom is 0.389 e. The lowest BCUT2D eigenvalue weighted by molar-refractivity contribution is -0.144. The van der Waals surface area contributed by atoms with E-state index in [-0.39, 0.29) is 36.9 Å². The first-order valence-corrected chi connectivity index (χ1v) is 14.6. The summed E-state index contributed by atoms with van der Waals surface area (Å²) in [4.78, 5) is 29.9. The summed E-state index contributed by atoms with van der Waals surface area (Å²) in [5, 5.41) is 11.7. The number of aryl methyl sites for hydroxylation is 1. The molecule has 1 aromatic carbocycles. The van der Waals surface area contributed by atoms with Crippen molar-refractivity contribution in [2.24, 2.45) is 5.92 Å². The summed E-state index contributed by atoms with van der Waals surface area (Å²) in [6, 6.07) is 5.22. The minimum absolute atomic E-state index is 0.0539. The number of imidazole rings is 1. The normalized spacial score (nSPS) is 16.8. The zero-order chi connectivity index (χ0) is 32.0. The van der Waals surface area contributed by atoms with E-state index in [0.717, 1.165) is 6.42 Å². The molecule has 5 rings (SSSR count). The summed E-state index contributed by atoms with van der Waals surface area (Å²) < 4.78 is 67.8. The number of rotatable bonds is 7. The van der Waals surface area contributed by atoms with E-state index in [0.29, 0.717) is 41.0 Å². The molecule has 2 aliphatic carbocycles. The number of hydrogen-bond donors (Lipinski definition) is 3. The van der Waals surface area contributed by atoms with Crippen LogP contribution in [0.5, 0.6) is 0 Å². The molecule has 2 aromatic heterocycles. The van der Waals surface area contributed by atoms with Crippen molar-refractivity contribution in [3.8, 4) is 0 Å². The smallest absolute Gasteiger partial charge is 0.354 e. The Hall–Kier alpha value is -3.58. The fourth-order valence-corrected chi connectivity index (χ4v) is 4.14. The van der Waals surface area contributed by atoms with Crippen molar-refractivity contribution in [2.75, 3.05) is 7.05 Å². The highest BCUT2D eigenvalue weighted by molar-refractivity contribution is 5.92. The van der Waals surface area contributed by atoms with Crippen LogP contribution in [0, 0.1) is 12.8 Å². The second-order valence-electron chi connectivity index (χ2n) is 10.3. The van der Waals surface area contributed by atoms with Gasteiger partial charge in [-0.1, -0.05) is 44.3 Å². The van der Waals surface area contributed by atoms with Crippen molar-refractivity contribution >= 4 is 22.8 Å². The van der Waals surface area contributed by atoms with Crippen LogP contribution in [-0.4, -0.2) is 51.2 Å². The van der Waals surface area contributed by atoms with Crippen LogP contribution in [0.4, 0.5) is 22.0 Å². The van der Waals surface area contributed by atoms with E-state index in [1.165, 1.54) is 26.3 Å². The maximum absolute atomic E-state index is 13.6. The number of amides is 2. The molecule has 2 aliphatic rings. The van der Waals surface area contributed by atoms with Gasteiger partial charge in [0.15, 0.2) is 5.69 Å². The van der Waals surface area contributed by atoms with E-state index < -0.39 is 30.8 Å². The van der Waals surface area contributed by atoms with Gasteiger partial charge in [-0.2, -0.15) is 13.2 Å². The third kappa shape index (κ3) is 13.5. The predicted octanol–water partition coefficient (Wildman–Crippen LogP) is 6.82. The Morgan fingerprint density at radius 3 is 2.37 bits per heavy atom. The van der Waals surface area contributed by atoms with Gasteiger partial charge < -0.3 is 15.6 Å². The molecule has 0 bridgehead atoms. The average molecular weight is 617 g/mol. The average Bonchev–Trinajstić information content (AvgIpc) is 3.70. The Bertz CT molecular complexity index is 1290. The first-order valence-electron chi connectivity index (χ1n) is 14.6. The summed E-state index contributed by atoms with van der Waals surface area (Å²) in [7, 11) is 1.52. The van der Waals surface area contributed by atoms with Crippen LogP contribution < -0.4 is 10.6 Å². The summed E-state index contributed by atoms with van der Waals surface area (Å²) in [5.74, 6) is -3.02. The Morgan fingerprint density at radius 1 is 1.12 bits per heavy atom. The fourth-order valence-electron chi connectivity index (χ4n) is 4.14. The summed E-state index contributed by atoms with van der Waals surface area (Å²) in [5.41, 5.74) is 2.85. The second kappa shape index (κ2) is 16.9. The van der Waals surface area contributed by atoms with E-state index in [1.54, 1.807) is 25.1 Å². The molecule has 240 valence electrons. The topological polar surface area (TPSA) is 126 Å². The predicted molar refractivity (Wildman–Crippen MR) is 151 cm³/mol. The molecule has 43 heavy (non-hydrogen) atoms. The zero-order valence-corrected chi connectivity index (χ0v) is 25.0. The lowest BCUT2D eigenvalue weighted by atomic mass is 9.84. The van der Waals surface area contributed by atoms with Crippen LogP contribution in [-0.2, 0) is 17.8 Å². The third-order valence-corrected chi connectivity index (χ3v) is 6.39. The number of nitrogens with one attached hydrogen (secondary N) is 3. The largest absolute Gasteiger partial charge is 0.389 e. The first kappa shape index (κ1) is 35.6. The molecular formula is C29H41F5N6O3. The van der Waals surface area contributed by atoms with Gasteiger partial charge in [-0.3, -0.25) is 9.59 Å². The highest BCUT2D eigenvalue weighted by Gasteiger charge is 2.36. The molecule has 3 aromatic rings. The van der Waals surface area contributed by atoms with Gasteiger partial charge in [-0.05, 0) is 48.5 Å². The van der Waals surface area contributed by atoms with Crippen LogP contribution >= 0.6 is 0 Å². The lowest BCUT2D eigenvalue weighted by Crippen LogP contribution is -2.27. The van der Waals surface area contributed by atoms with Gasteiger partial charge in [-0.15, -0.1) is 0 Å². The molecule has 0 radical (unpaired) electrons. The zero-order valence-electron chi connectivity index (χ0n) is 25.0. The van der Waals surface area contributed by atoms with Crippen molar-refractivity contribution < 1.29 is 36.2 Å². The molecule has 1 atom stereocenters. The number of H-pyrrole nitrogens is 1. The van der Waals surface area contributed by atoms with Crippen molar-refractivity contribution in [1.29, 1.82) is 0 Å². The van der Waals surface area contributed by atoms with Gasteiger partial charge in [0, 0.05) is 39.3 Å². The number of carbonyl (C=O) groups excluding carboxylic acids is 2. The summed E-state index contributed by atoms with van der Waals surface area (Å²) in [6.45, 7) is 5.76. The van der Waals surface area contributed by atoms with Gasteiger partial charge in [0.05, 0.1) is 17.5 Å². The molecule has 2 amide bonds. The molecule has 2 saturated carbocycles. The first-order chi connectivity index (χ1) is 20.3. The van der Waals surface area contributed by atoms with Crippen LogP contribution in [0.25, 0.3) is 11.0 Å². The SMILES string of the molecule is C1CC1.CC.CNC(=O)c1nonc1C.O=C(CCC(F)(F)F)NCc1ccc2nc(CC3CCCC(F)(F)C3)[nH]c2c1. The quantitative estimate of drug-likeness (QED) is 0.250. The van der Waals surface area contributed by atoms with Crippen LogP contribution in [0.1, 0.15) is 99.2 Å². The molecule has 0 spiro atoms. The van der Waals surface area contributed by atoms with Crippen molar-refractivity contribution in [3.05, 3.63) is 41.0 Å². The van der Waals surface area contributed by atoms with E-state index in [4.69, 9.17) is 0 Å². The van der Waals surface area contributed by atoms with Crippen LogP contribution in [0.15, 0.2) is 22.8 Å².